The second-order valence-electron chi connectivity index (χ2n) is 3.46. The zero-order chi connectivity index (χ0) is 9.10. The zero-order valence-corrected chi connectivity index (χ0v) is 7.86. The smallest absolute Gasteiger partial charge is 0.231 e. The van der Waals surface area contributed by atoms with Crippen molar-refractivity contribution in [2.24, 2.45) is 7.05 Å². The van der Waals surface area contributed by atoms with Gasteiger partial charge < -0.3 is 14.6 Å². The van der Waals surface area contributed by atoms with E-state index in [0.29, 0.717) is 6.10 Å². The Morgan fingerprint density at radius 1 is 1.69 bits per heavy atom. The largest absolute Gasteiger partial charge is 0.472 e. The second kappa shape index (κ2) is 3.79. The monoisotopic (exact) mass is 181 g/mol. The highest BCUT2D eigenvalue weighted by Crippen LogP contribution is 2.11. The molecule has 72 valence electrons. The van der Waals surface area contributed by atoms with Gasteiger partial charge in [0.1, 0.15) is 6.10 Å². The molecule has 2 rings (SSSR count). The van der Waals surface area contributed by atoms with Gasteiger partial charge in [-0.1, -0.05) is 0 Å². The molecule has 0 saturated carbocycles. The minimum absolute atomic E-state index is 0.295. The molecular formula is C9H15N3O. The summed E-state index contributed by atoms with van der Waals surface area (Å²) < 4.78 is 7.58. The van der Waals surface area contributed by atoms with E-state index in [4.69, 9.17) is 4.74 Å². The van der Waals surface area contributed by atoms with E-state index in [-0.39, 0.29) is 0 Å². The number of nitrogens with one attached hydrogen (secondary N) is 1. The van der Waals surface area contributed by atoms with Gasteiger partial charge in [0.25, 0.3) is 0 Å². The fraction of sp³-hybridized carbons (Fsp3) is 0.667. The number of hydrogen-bond donors (Lipinski definition) is 1. The predicted octanol–water partition coefficient (Wildman–Crippen LogP) is 0.551. The van der Waals surface area contributed by atoms with Crippen molar-refractivity contribution in [3.63, 3.8) is 0 Å². The van der Waals surface area contributed by atoms with Crippen LogP contribution in [0.1, 0.15) is 12.8 Å². The molecular weight excluding hydrogens is 166 g/mol. The van der Waals surface area contributed by atoms with Gasteiger partial charge in [-0.3, -0.25) is 0 Å². The summed E-state index contributed by atoms with van der Waals surface area (Å²) in [6.45, 7) is 2.05. The number of ether oxygens (including phenoxy) is 1. The summed E-state index contributed by atoms with van der Waals surface area (Å²) in [7, 11) is 1.94. The van der Waals surface area contributed by atoms with Gasteiger partial charge >= 0.3 is 0 Å². The Labute approximate surface area is 77.9 Å². The third-order valence-electron chi connectivity index (χ3n) is 2.22. The van der Waals surface area contributed by atoms with Gasteiger partial charge in [-0.15, -0.1) is 0 Å². The first-order valence-corrected chi connectivity index (χ1v) is 4.70. The highest BCUT2D eigenvalue weighted by atomic mass is 16.5. The average molecular weight is 181 g/mol. The first-order valence-electron chi connectivity index (χ1n) is 4.70. The fourth-order valence-electron chi connectivity index (χ4n) is 1.54. The van der Waals surface area contributed by atoms with Crippen molar-refractivity contribution in [3.05, 3.63) is 12.5 Å². The van der Waals surface area contributed by atoms with Crippen molar-refractivity contribution < 1.29 is 4.74 Å². The molecule has 1 aliphatic heterocycles. The number of piperidine rings is 1. The highest BCUT2D eigenvalue weighted by molar-refractivity contribution is 5.04. The number of imidazole rings is 1. The molecule has 4 nitrogen and oxygen atoms in total. The van der Waals surface area contributed by atoms with E-state index in [1.54, 1.807) is 6.33 Å². The quantitative estimate of drug-likeness (QED) is 0.724. The molecule has 1 aromatic rings. The van der Waals surface area contributed by atoms with Crippen LogP contribution >= 0.6 is 0 Å². The van der Waals surface area contributed by atoms with Gasteiger partial charge in [-0.05, 0) is 19.4 Å². The summed E-state index contributed by atoms with van der Waals surface area (Å²) in [5, 5.41) is 3.30. The molecule has 2 heterocycles. The summed E-state index contributed by atoms with van der Waals surface area (Å²) in [5.41, 5.74) is 0. The minimum atomic E-state index is 0.295. The van der Waals surface area contributed by atoms with Crippen LogP contribution in [0.5, 0.6) is 5.88 Å². The third-order valence-corrected chi connectivity index (χ3v) is 2.22. The Balaban J connectivity index is 1.89. The van der Waals surface area contributed by atoms with Gasteiger partial charge in [0.15, 0.2) is 0 Å². The highest BCUT2D eigenvalue weighted by Gasteiger charge is 2.14. The van der Waals surface area contributed by atoms with E-state index in [1.807, 2.05) is 17.8 Å². The van der Waals surface area contributed by atoms with Crippen molar-refractivity contribution >= 4 is 0 Å². The summed E-state index contributed by atoms with van der Waals surface area (Å²) in [6.07, 6.45) is 6.27. The Hall–Kier alpha value is -1.03. The maximum absolute atomic E-state index is 5.68. The normalized spacial score (nSPS) is 23.0. The molecule has 1 fully saturated rings. The topological polar surface area (TPSA) is 39.1 Å². The van der Waals surface area contributed by atoms with E-state index in [0.717, 1.165) is 25.4 Å². The minimum Gasteiger partial charge on any atom is -0.472 e. The third kappa shape index (κ3) is 2.21. The molecule has 0 amide bonds. The lowest BCUT2D eigenvalue weighted by Gasteiger charge is -2.22. The average Bonchev–Trinajstić information content (AvgIpc) is 2.53. The summed E-state index contributed by atoms with van der Waals surface area (Å²) in [5.74, 6) is 0.733. The second-order valence-corrected chi connectivity index (χ2v) is 3.46. The first-order chi connectivity index (χ1) is 6.34. The molecule has 13 heavy (non-hydrogen) atoms. The maximum Gasteiger partial charge on any atom is 0.231 e. The van der Waals surface area contributed by atoms with E-state index in [2.05, 4.69) is 10.3 Å². The standard InChI is InChI=1S/C9H15N3O/c1-12-6-9(11-7-12)13-8-3-2-4-10-5-8/h6-8,10H,2-5H2,1H3. The molecule has 0 spiro atoms. The van der Waals surface area contributed by atoms with Crippen LogP contribution in [-0.2, 0) is 7.05 Å². The van der Waals surface area contributed by atoms with Crippen LogP contribution < -0.4 is 10.1 Å². The molecule has 1 saturated heterocycles. The molecule has 0 bridgehead atoms. The van der Waals surface area contributed by atoms with Crippen LogP contribution in [0.25, 0.3) is 0 Å². The van der Waals surface area contributed by atoms with Crippen molar-refractivity contribution in [1.29, 1.82) is 0 Å². The molecule has 0 aliphatic carbocycles. The van der Waals surface area contributed by atoms with Gasteiger partial charge in [0, 0.05) is 13.6 Å². The number of aryl methyl sites for hydroxylation is 1. The van der Waals surface area contributed by atoms with Gasteiger partial charge in [-0.2, -0.15) is 0 Å². The van der Waals surface area contributed by atoms with Crippen LogP contribution in [0.15, 0.2) is 12.5 Å². The molecule has 1 atom stereocenters. The van der Waals surface area contributed by atoms with Crippen LogP contribution in [-0.4, -0.2) is 28.7 Å². The molecule has 1 aliphatic rings. The van der Waals surface area contributed by atoms with Crippen molar-refractivity contribution in [2.75, 3.05) is 13.1 Å². The number of nitrogens with zero attached hydrogens (tertiary/aromatic N) is 2. The summed E-state index contributed by atoms with van der Waals surface area (Å²) in [6, 6.07) is 0. The van der Waals surface area contributed by atoms with E-state index in [1.165, 1.54) is 6.42 Å². The first kappa shape index (κ1) is 8.56. The maximum atomic E-state index is 5.68. The van der Waals surface area contributed by atoms with E-state index in [9.17, 15) is 0 Å². The van der Waals surface area contributed by atoms with Crippen LogP contribution in [0.2, 0.25) is 0 Å². The van der Waals surface area contributed by atoms with Crippen molar-refractivity contribution in [2.45, 2.75) is 18.9 Å². The number of aromatic nitrogens is 2. The molecule has 1 aromatic heterocycles. The lowest BCUT2D eigenvalue weighted by atomic mass is 10.1. The van der Waals surface area contributed by atoms with E-state index >= 15 is 0 Å². The molecule has 0 radical (unpaired) electrons. The number of rotatable bonds is 2. The van der Waals surface area contributed by atoms with E-state index < -0.39 is 0 Å². The SMILES string of the molecule is Cn1cnc(OC2CCCNC2)c1. The van der Waals surface area contributed by atoms with Gasteiger partial charge in [0.2, 0.25) is 5.88 Å². The Morgan fingerprint density at radius 2 is 2.62 bits per heavy atom. The fourth-order valence-corrected chi connectivity index (χ4v) is 1.54. The lowest BCUT2D eigenvalue weighted by Crippen LogP contribution is -2.37. The molecule has 1 unspecified atom stereocenters. The van der Waals surface area contributed by atoms with Gasteiger partial charge in [-0.25, -0.2) is 4.98 Å². The molecule has 0 aromatic carbocycles. The van der Waals surface area contributed by atoms with Crippen LogP contribution in [0.4, 0.5) is 0 Å². The molecule has 1 N–H and O–H groups in total. The van der Waals surface area contributed by atoms with Crippen molar-refractivity contribution in [3.8, 4) is 5.88 Å². The lowest BCUT2D eigenvalue weighted by molar-refractivity contribution is 0.161. The Bertz CT molecular complexity index is 266. The van der Waals surface area contributed by atoms with Crippen LogP contribution in [0, 0.1) is 0 Å². The zero-order valence-electron chi connectivity index (χ0n) is 7.86. The Morgan fingerprint density at radius 3 is 3.23 bits per heavy atom. The molecule has 4 heteroatoms. The number of hydrogen-bond acceptors (Lipinski definition) is 3. The van der Waals surface area contributed by atoms with Crippen molar-refractivity contribution in [1.82, 2.24) is 14.9 Å². The van der Waals surface area contributed by atoms with Gasteiger partial charge in [0.05, 0.1) is 12.5 Å². The Kier molecular flexibility index (Phi) is 2.49. The summed E-state index contributed by atoms with van der Waals surface area (Å²) >= 11 is 0. The summed E-state index contributed by atoms with van der Waals surface area (Å²) in [4.78, 5) is 4.12. The predicted molar refractivity (Wildman–Crippen MR) is 49.7 cm³/mol. The van der Waals surface area contributed by atoms with Crippen LogP contribution in [0.3, 0.4) is 0 Å².